The first-order valence-corrected chi connectivity index (χ1v) is 21.3. The number of fused-ring (bicyclic) bond motifs is 9. The second-order valence-corrected chi connectivity index (χ2v) is 16.1. The lowest BCUT2D eigenvalue weighted by molar-refractivity contribution is 0.662. The van der Waals surface area contributed by atoms with Gasteiger partial charge in [0.15, 0.2) is 5.84 Å². The van der Waals surface area contributed by atoms with Crippen molar-refractivity contribution in [3.8, 4) is 27.9 Å². The third-order valence-corrected chi connectivity index (χ3v) is 12.5. The molecule has 6 nitrogen and oxygen atoms in total. The van der Waals surface area contributed by atoms with Gasteiger partial charge in [0.1, 0.15) is 34.3 Å². The quantitative estimate of drug-likeness (QED) is 0.182. The van der Waals surface area contributed by atoms with Gasteiger partial charge >= 0.3 is 0 Å². The van der Waals surface area contributed by atoms with Gasteiger partial charge in [0.05, 0.1) is 11.0 Å². The van der Waals surface area contributed by atoms with Crippen LogP contribution in [0, 0.1) is 0 Å². The third kappa shape index (κ3) is 5.73. The van der Waals surface area contributed by atoms with Gasteiger partial charge < -0.3 is 18.7 Å². The van der Waals surface area contributed by atoms with Crippen LogP contribution in [0.15, 0.2) is 225 Å². The molecule has 1 aliphatic heterocycles. The van der Waals surface area contributed by atoms with Gasteiger partial charge in [0.25, 0.3) is 0 Å². The highest BCUT2D eigenvalue weighted by Crippen LogP contribution is 2.42. The summed E-state index contributed by atoms with van der Waals surface area (Å²) in [5, 5.41) is 10.3. The zero-order valence-electron chi connectivity index (χ0n) is 33.9. The van der Waals surface area contributed by atoms with E-state index >= 15 is 0 Å². The van der Waals surface area contributed by atoms with E-state index in [-0.39, 0.29) is 0 Å². The predicted octanol–water partition coefficient (Wildman–Crippen LogP) is 14.4. The van der Waals surface area contributed by atoms with Crippen molar-refractivity contribution in [1.82, 2.24) is 9.88 Å². The minimum absolute atomic E-state index is 0.412. The van der Waals surface area contributed by atoms with Crippen molar-refractivity contribution >= 4 is 77.4 Å². The molecule has 0 saturated carbocycles. The summed E-state index contributed by atoms with van der Waals surface area (Å²) in [6, 6.07) is 72.2. The molecule has 0 amide bonds. The summed E-state index contributed by atoms with van der Waals surface area (Å²) in [7, 11) is 0. The van der Waals surface area contributed by atoms with E-state index in [1.54, 1.807) is 0 Å². The maximum Gasteiger partial charge on any atom is 0.159 e. The van der Waals surface area contributed by atoms with E-state index in [0.717, 1.165) is 94.3 Å². The van der Waals surface area contributed by atoms with Crippen molar-refractivity contribution in [2.45, 2.75) is 6.17 Å². The molecule has 12 aromatic rings. The van der Waals surface area contributed by atoms with E-state index in [1.807, 2.05) is 48.5 Å². The first-order chi connectivity index (χ1) is 31.2. The molecule has 63 heavy (non-hydrogen) atoms. The second kappa shape index (κ2) is 14.0. The average molecular weight is 809 g/mol. The normalized spacial score (nSPS) is 14.2. The van der Waals surface area contributed by atoms with Crippen LogP contribution in [0.25, 0.3) is 93.6 Å². The molecule has 6 heteroatoms. The fourth-order valence-corrected chi connectivity index (χ4v) is 9.55. The fraction of sp³-hybridized carbons (Fsp3) is 0.0175. The van der Waals surface area contributed by atoms with Crippen molar-refractivity contribution in [2.75, 3.05) is 0 Å². The number of rotatable bonds is 6. The van der Waals surface area contributed by atoms with Gasteiger partial charge in [-0.3, -0.25) is 0 Å². The van der Waals surface area contributed by atoms with E-state index < -0.39 is 6.17 Å². The van der Waals surface area contributed by atoms with Crippen LogP contribution >= 0.6 is 0 Å². The Bertz CT molecular complexity index is 3820. The first-order valence-electron chi connectivity index (χ1n) is 21.3. The van der Waals surface area contributed by atoms with Gasteiger partial charge in [-0.1, -0.05) is 146 Å². The Balaban J connectivity index is 0.944. The molecule has 0 saturated heterocycles. The largest absolute Gasteiger partial charge is 0.456 e. The summed E-state index contributed by atoms with van der Waals surface area (Å²) >= 11 is 0. The summed E-state index contributed by atoms with van der Waals surface area (Å²) in [6.45, 7) is 0. The second-order valence-electron chi connectivity index (χ2n) is 16.1. The number of nitrogens with zero attached hydrogens (tertiary/aromatic N) is 3. The van der Waals surface area contributed by atoms with Crippen molar-refractivity contribution in [2.24, 2.45) is 9.98 Å². The Morgan fingerprint density at radius 1 is 0.429 bits per heavy atom. The van der Waals surface area contributed by atoms with Gasteiger partial charge in [-0.2, -0.15) is 0 Å². The Morgan fingerprint density at radius 3 is 1.87 bits per heavy atom. The van der Waals surface area contributed by atoms with Crippen LogP contribution in [0.1, 0.15) is 22.9 Å². The molecule has 1 aliphatic rings. The molecule has 0 fully saturated rings. The lowest BCUT2D eigenvalue weighted by Gasteiger charge is -2.24. The number of aliphatic imine (C=N–C) groups is 2. The smallest absolute Gasteiger partial charge is 0.159 e. The molecule has 296 valence electrons. The van der Waals surface area contributed by atoms with Crippen LogP contribution in [0.3, 0.4) is 0 Å². The molecule has 0 aliphatic carbocycles. The molecule has 13 rings (SSSR count). The van der Waals surface area contributed by atoms with Gasteiger partial charge in [-0.05, 0) is 77.4 Å². The number of hydrogen-bond acceptors (Lipinski definition) is 5. The molecule has 1 atom stereocenters. The lowest BCUT2D eigenvalue weighted by atomic mass is 9.99. The molecule has 3 aromatic heterocycles. The number of amidine groups is 2. The fourth-order valence-electron chi connectivity index (χ4n) is 9.55. The third-order valence-electron chi connectivity index (χ3n) is 12.5. The maximum absolute atomic E-state index is 6.78. The Hall–Kier alpha value is -8.48. The molecular weight excluding hydrogens is 773 g/mol. The van der Waals surface area contributed by atoms with E-state index in [9.17, 15) is 0 Å². The highest BCUT2D eigenvalue weighted by atomic mass is 16.3. The molecule has 1 N–H and O–H groups in total. The van der Waals surface area contributed by atoms with Gasteiger partial charge in [-0.25, -0.2) is 9.98 Å². The van der Waals surface area contributed by atoms with Crippen LogP contribution in [0.4, 0.5) is 0 Å². The summed E-state index contributed by atoms with van der Waals surface area (Å²) in [5.41, 5.74) is 14.2. The van der Waals surface area contributed by atoms with Gasteiger partial charge in [0.2, 0.25) is 0 Å². The average Bonchev–Trinajstić information content (AvgIpc) is 4.03. The monoisotopic (exact) mass is 808 g/mol. The summed E-state index contributed by atoms with van der Waals surface area (Å²) in [4.78, 5) is 10.4. The van der Waals surface area contributed by atoms with Crippen LogP contribution in [0.2, 0.25) is 0 Å². The number of benzene rings is 9. The van der Waals surface area contributed by atoms with Crippen molar-refractivity contribution in [3.63, 3.8) is 0 Å². The molecule has 4 heterocycles. The van der Waals surface area contributed by atoms with Gasteiger partial charge in [0, 0.05) is 60.3 Å². The van der Waals surface area contributed by atoms with Crippen LogP contribution < -0.4 is 5.32 Å². The van der Waals surface area contributed by atoms with E-state index in [0.29, 0.717) is 5.84 Å². The molecule has 0 spiro atoms. The summed E-state index contributed by atoms with van der Waals surface area (Å²) in [5.74, 6) is 1.38. The number of aromatic nitrogens is 1. The number of nitrogens with one attached hydrogen (secondary N) is 1. The molecule has 0 radical (unpaired) electrons. The number of furan rings is 2. The Kier molecular flexibility index (Phi) is 7.87. The minimum atomic E-state index is -0.412. The van der Waals surface area contributed by atoms with Crippen molar-refractivity contribution in [1.29, 1.82) is 0 Å². The van der Waals surface area contributed by atoms with Crippen LogP contribution in [-0.2, 0) is 0 Å². The Labute approximate surface area is 361 Å². The molecule has 1 unspecified atom stereocenters. The molecular formula is C57H36N4O2. The highest BCUT2D eigenvalue weighted by molar-refractivity contribution is 6.17. The van der Waals surface area contributed by atoms with Crippen molar-refractivity contribution < 1.29 is 8.83 Å². The summed E-state index contributed by atoms with van der Waals surface area (Å²) in [6.07, 6.45) is -0.412. The van der Waals surface area contributed by atoms with Gasteiger partial charge in [-0.15, -0.1) is 0 Å². The van der Waals surface area contributed by atoms with Crippen LogP contribution in [0.5, 0.6) is 0 Å². The standard InChI is InChI=1S/C57H36N4O2/c1-4-14-35(15-5-1)37-28-31-48-47(32-37)44-22-12-21-41(54(44)61(48)40-18-8-3-9-19-40)38-26-29-42-43-30-27-39(34-52(43)63-51(42)33-38)56-58-55(36-16-6-2-7-17-36)59-57(60-56)46-23-13-25-50-53(46)45-20-10-11-24-49(45)62-50/h1-34,57H,(H,58,59,60). The molecule has 9 aromatic carbocycles. The minimum Gasteiger partial charge on any atom is -0.456 e. The number of para-hydroxylation sites is 3. The highest BCUT2D eigenvalue weighted by Gasteiger charge is 2.25. The maximum atomic E-state index is 6.78. The van der Waals surface area contributed by atoms with E-state index in [4.69, 9.17) is 18.8 Å². The first kappa shape index (κ1) is 35.3. The van der Waals surface area contributed by atoms with E-state index in [2.05, 4.69) is 168 Å². The SMILES string of the molecule is c1ccc(C2=NC(c3ccc4c(c3)oc3cc(-c5cccc6c7cc(-c8ccccc8)ccc7n(-c7ccccc7)c56)ccc34)=NC(c3cccc4oc5ccccc5c34)N2)cc1. The van der Waals surface area contributed by atoms with Crippen molar-refractivity contribution in [3.05, 3.63) is 223 Å². The number of hydrogen-bond donors (Lipinski definition) is 1. The van der Waals surface area contributed by atoms with E-state index in [1.165, 1.54) is 21.9 Å². The zero-order valence-corrected chi connectivity index (χ0v) is 33.9. The Morgan fingerprint density at radius 2 is 1.06 bits per heavy atom. The van der Waals surface area contributed by atoms with Crippen LogP contribution in [-0.4, -0.2) is 16.2 Å². The zero-order chi connectivity index (χ0) is 41.4. The lowest BCUT2D eigenvalue weighted by Crippen LogP contribution is -2.33. The summed E-state index contributed by atoms with van der Waals surface area (Å²) < 4.78 is 15.5. The molecule has 0 bridgehead atoms. The predicted molar refractivity (Wildman–Crippen MR) is 258 cm³/mol. The topological polar surface area (TPSA) is 68.0 Å².